The number of hydrogen-bond acceptors (Lipinski definition) is 3. The summed E-state index contributed by atoms with van der Waals surface area (Å²) in [4.78, 5) is 0. The number of benzene rings is 3. The highest BCUT2D eigenvalue weighted by molar-refractivity contribution is 7.55. The van der Waals surface area contributed by atoms with Gasteiger partial charge in [-0.05, 0) is 30.0 Å². The van der Waals surface area contributed by atoms with Crippen molar-refractivity contribution in [3.8, 4) is 0 Å². The summed E-state index contributed by atoms with van der Waals surface area (Å²) in [6, 6.07) is 29.7. The van der Waals surface area contributed by atoms with E-state index in [1.807, 2.05) is 97.9 Å². The lowest BCUT2D eigenvalue weighted by molar-refractivity contribution is 0.0844. The zero-order chi connectivity index (χ0) is 18.7. The molecule has 0 N–H and O–H groups in total. The Balaban J connectivity index is 2.09. The lowest BCUT2D eigenvalue weighted by Crippen LogP contribution is -2.35. The minimum Gasteiger partial charge on any atom is -0.307 e. The summed E-state index contributed by atoms with van der Waals surface area (Å²) in [6.07, 6.45) is 0.610. The van der Waals surface area contributed by atoms with Crippen LogP contribution in [0.1, 0.15) is 30.0 Å². The van der Waals surface area contributed by atoms with Crippen LogP contribution in [-0.4, -0.2) is 12.7 Å². The molecule has 3 nitrogen and oxygen atoms in total. The van der Waals surface area contributed by atoms with Gasteiger partial charge in [-0.15, -0.1) is 0 Å². The van der Waals surface area contributed by atoms with Gasteiger partial charge in [-0.25, -0.2) is 0 Å². The minimum atomic E-state index is -3.58. The third kappa shape index (κ3) is 3.06. The molecule has 138 valence electrons. The Kier molecular flexibility index (Phi) is 5.01. The predicted octanol–water partition coefficient (Wildman–Crippen LogP) is 6.00. The summed E-state index contributed by atoms with van der Waals surface area (Å²) in [6.45, 7) is 2.38. The molecule has 1 heterocycles. The van der Waals surface area contributed by atoms with E-state index in [4.69, 9.17) is 9.05 Å². The molecule has 0 unspecified atom stereocenters. The summed E-state index contributed by atoms with van der Waals surface area (Å²) >= 11 is 0. The van der Waals surface area contributed by atoms with E-state index >= 15 is 0 Å². The fourth-order valence-electron chi connectivity index (χ4n) is 3.85. The van der Waals surface area contributed by atoms with Crippen LogP contribution in [0.2, 0.25) is 0 Å². The van der Waals surface area contributed by atoms with Crippen LogP contribution in [0.4, 0.5) is 0 Å². The van der Waals surface area contributed by atoms with Crippen LogP contribution in [0.3, 0.4) is 0 Å². The summed E-state index contributed by atoms with van der Waals surface area (Å²) in [5, 5.41) is -1.02. The largest absolute Gasteiger partial charge is 0.350 e. The standard InChI is InChI=1S/C23H23O3P/c1-19-17-18-25-27(24,26-19)23(20-11-5-2-6-12-20,21-13-7-3-8-14-21)22-15-9-4-10-16-22/h2-16,19H,17-18H2,1H3/t19-,27-/m1/s1. The average Bonchev–Trinajstić information content (AvgIpc) is 2.71. The van der Waals surface area contributed by atoms with Crippen LogP contribution >= 0.6 is 7.60 Å². The predicted molar refractivity (Wildman–Crippen MR) is 108 cm³/mol. The van der Waals surface area contributed by atoms with Gasteiger partial charge >= 0.3 is 7.60 Å². The molecule has 1 aliphatic rings. The third-order valence-corrected chi connectivity index (χ3v) is 7.85. The lowest BCUT2D eigenvalue weighted by Gasteiger charge is -2.43. The minimum absolute atomic E-state index is 0.125. The summed E-state index contributed by atoms with van der Waals surface area (Å²) in [7, 11) is -3.58. The topological polar surface area (TPSA) is 35.5 Å². The van der Waals surface area contributed by atoms with Crippen molar-refractivity contribution in [2.24, 2.45) is 0 Å². The third-order valence-electron chi connectivity index (χ3n) is 5.09. The zero-order valence-corrected chi connectivity index (χ0v) is 16.2. The van der Waals surface area contributed by atoms with Crippen LogP contribution in [0.15, 0.2) is 91.0 Å². The zero-order valence-electron chi connectivity index (χ0n) is 15.3. The molecule has 1 fully saturated rings. The highest BCUT2D eigenvalue weighted by Gasteiger charge is 2.56. The summed E-state index contributed by atoms with van der Waals surface area (Å²) in [5.41, 5.74) is 2.71. The average molecular weight is 378 g/mol. The molecule has 3 aromatic rings. The van der Waals surface area contributed by atoms with Crippen molar-refractivity contribution in [2.75, 3.05) is 6.61 Å². The van der Waals surface area contributed by atoms with Crippen LogP contribution in [-0.2, 0) is 18.8 Å². The van der Waals surface area contributed by atoms with Gasteiger partial charge in [0.2, 0.25) is 0 Å². The summed E-state index contributed by atoms with van der Waals surface area (Å²) < 4.78 is 26.6. The molecule has 1 saturated heterocycles. The molecule has 4 rings (SSSR count). The molecule has 0 bridgehead atoms. The first kappa shape index (κ1) is 18.2. The van der Waals surface area contributed by atoms with Crippen molar-refractivity contribution in [1.29, 1.82) is 0 Å². The molecule has 0 aromatic heterocycles. The maximum atomic E-state index is 14.4. The maximum Gasteiger partial charge on any atom is 0.350 e. The van der Waals surface area contributed by atoms with E-state index in [2.05, 4.69) is 0 Å². The van der Waals surface area contributed by atoms with Gasteiger partial charge in [-0.2, -0.15) is 0 Å². The molecule has 3 aromatic carbocycles. The van der Waals surface area contributed by atoms with E-state index in [1.54, 1.807) is 0 Å². The molecule has 0 aliphatic carbocycles. The van der Waals surface area contributed by atoms with Gasteiger partial charge in [0.25, 0.3) is 0 Å². The monoisotopic (exact) mass is 378 g/mol. The first-order chi connectivity index (χ1) is 13.2. The van der Waals surface area contributed by atoms with Gasteiger partial charge in [-0.3, -0.25) is 4.57 Å². The van der Waals surface area contributed by atoms with Crippen molar-refractivity contribution in [3.05, 3.63) is 108 Å². The molecule has 0 amide bonds. The van der Waals surface area contributed by atoms with Gasteiger partial charge in [0.1, 0.15) is 5.16 Å². The molecular weight excluding hydrogens is 355 g/mol. The van der Waals surface area contributed by atoms with Gasteiger partial charge < -0.3 is 9.05 Å². The second kappa shape index (κ2) is 7.44. The normalized spacial score (nSPS) is 23.1. The van der Waals surface area contributed by atoms with Crippen LogP contribution < -0.4 is 0 Å². The second-order valence-electron chi connectivity index (χ2n) is 6.84. The highest BCUT2D eigenvalue weighted by Crippen LogP contribution is 2.72. The van der Waals surface area contributed by atoms with E-state index < -0.39 is 12.8 Å². The molecule has 0 spiro atoms. The Morgan fingerprint density at radius 3 is 1.56 bits per heavy atom. The molecule has 4 heteroatoms. The lowest BCUT2D eigenvalue weighted by atomic mass is 9.84. The van der Waals surface area contributed by atoms with E-state index in [0.717, 1.165) is 23.1 Å². The van der Waals surface area contributed by atoms with E-state index in [9.17, 15) is 4.57 Å². The van der Waals surface area contributed by atoms with Gasteiger partial charge in [0, 0.05) is 0 Å². The van der Waals surface area contributed by atoms with Crippen LogP contribution in [0.5, 0.6) is 0 Å². The van der Waals surface area contributed by atoms with Crippen molar-refractivity contribution in [2.45, 2.75) is 24.6 Å². The Bertz CT molecular complexity index is 829. The van der Waals surface area contributed by atoms with E-state index in [0.29, 0.717) is 6.61 Å². The van der Waals surface area contributed by atoms with Crippen molar-refractivity contribution >= 4 is 7.60 Å². The van der Waals surface area contributed by atoms with Gasteiger partial charge in [0.05, 0.1) is 12.7 Å². The summed E-state index contributed by atoms with van der Waals surface area (Å²) in [5.74, 6) is 0. The Morgan fingerprint density at radius 2 is 1.19 bits per heavy atom. The van der Waals surface area contributed by atoms with Gasteiger partial charge in [-0.1, -0.05) is 91.0 Å². The van der Waals surface area contributed by atoms with Crippen LogP contribution in [0.25, 0.3) is 0 Å². The Morgan fingerprint density at radius 1 is 0.778 bits per heavy atom. The van der Waals surface area contributed by atoms with E-state index in [1.165, 1.54) is 0 Å². The molecule has 0 radical (unpaired) electrons. The smallest absolute Gasteiger partial charge is 0.307 e. The SMILES string of the molecule is C[C@@H]1CCO[P@](=O)(C(c2ccccc2)(c2ccccc2)c2ccccc2)O1. The Labute approximate surface area is 160 Å². The number of rotatable bonds is 4. The van der Waals surface area contributed by atoms with Gasteiger partial charge in [0.15, 0.2) is 0 Å². The quantitative estimate of drug-likeness (QED) is 0.413. The Hall–Kier alpha value is -2.19. The highest BCUT2D eigenvalue weighted by atomic mass is 31.2. The van der Waals surface area contributed by atoms with E-state index in [-0.39, 0.29) is 6.10 Å². The van der Waals surface area contributed by atoms with Crippen LogP contribution in [0, 0.1) is 0 Å². The molecular formula is C23H23O3P. The molecule has 2 atom stereocenters. The second-order valence-corrected chi connectivity index (χ2v) is 8.98. The molecule has 0 saturated carbocycles. The fourth-order valence-corrected chi connectivity index (χ4v) is 6.58. The maximum absolute atomic E-state index is 14.4. The fraction of sp³-hybridized carbons (Fsp3) is 0.217. The molecule has 27 heavy (non-hydrogen) atoms. The first-order valence-corrected chi connectivity index (χ1v) is 10.8. The molecule has 1 aliphatic heterocycles. The van der Waals surface area contributed by atoms with Crippen molar-refractivity contribution in [1.82, 2.24) is 0 Å². The number of hydrogen-bond donors (Lipinski definition) is 0. The van der Waals surface area contributed by atoms with Crippen molar-refractivity contribution in [3.63, 3.8) is 0 Å². The van der Waals surface area contributed by atoms with Crippen molar-refractivity contribution < 1.29 is 13.6 Å². The first-order valence-electron chi connectivity index (χ1n) is 9.26.